The average molecular weight is 292 g/mol. The summed E-state index contributed by atoms with van der Waals surface area (Å²) in [6, 6.07) is 1.81. The Bertz CT molecular complexity index is 513. The fraction of sp³-hybridized carbons (Fsp3) is 0.571. The normalized spacial score (nSPS) is 16.0. The number of aliphatic carboxylic acids is 1. The Hall–Kier alpha value is -2.02. The van der Waals surface area contributed by atoms with Gasteiger partial charge in [-0.1, -0.05) is 0 Å². The molecule has 7 heteroatoms. The second-order valence-electron chi connectivity index (χ2n) is 5.19. The number of carboxylic acid groups (broad SMARTS) is 1. The van der Waals surface area contributed by atoms with Crippen molar-refractivity contribution in [2.24, 2.45) is 5.92 Å². The number of likely N-dealkylation sites (tertiary alicyclic amines) is 1. The second kappa shape index (κ2) is 7.12. The highest BCUT2D eigenvalue weighted by molar-refractivity contribution is 5.78. The van der Waals surface area contributed by atoms with Gasteiger partial charge in [0.05, 0.1) is 18.2 Å². The third-order valence-corrected chi connectivity index (χ3v) is 3.61. The van der Waals surface area contributed by atoms with Gasteiger partial charge in [0.1, 0.15) is 5.82 Å². The molecule has 0 aliphatic carbocycles. The predicted octanol–water partition coefficient (Wildman–Crippen LogP) is 0.198. The lowest BCUT2D eigenvalue weighted by molar-refractivity contribution is -0.145. The molecule has 21 heavy (non-hydrogen) atoms. The molecule has 1 aromatic rings. The van der Waals surface area contributed by atoms with Crippen molar-refractivity contribution < 1.29 is 14.7 Å². The molecule has 1 aromatic heterocycles. The van der Waals surface area contributed by atoms with Gasteiger partial charge < -0.3 is 15.3 Å². The number of rotatable bonds is 5. The van der Waals surface area contributed by atoms with Crippen LogP contribution in [0.5, 0.6) is 0 Å². The lowest BCUT2D eigenvalue weighted by Gasteiger charge is -2.30. The zero-order valence-electron chi connectivity index (χ0n) is 12.1. The number of hydrogen-bond donors (Lipinski definition) is 2. The Morgan fingerprint density at radius 3 is 2.76 bits per heavy atom. The van der Waals surface area contributed by atoms with Gasteiger partial charge >= 0.3 is 5.97 Å². The number of nitrogens with one attached hydrogen (secondary N) is 1. The van der Waals surface area contributed by atoms with E-state index < -0.39 is 5.97 Å². The highest BCUT2D eigenvalue weighted by Crippen LogP contribution is 2.17. The molecule has 1 fully saturated rings. The minimum absolute atomic E-state index is 0.00427. The highest BCUT2D eigenvalue weighted by atomic mass is 16.4. The number of carbonyl (C=O) groups is 2. The molecule has 0 bridgehead atoms. The molecule has 0 atom stereocenters. The quantitative estimate of drug-likeness (QED) is 0.805. The zero-order valence-corrected chi connectivity index (χ0v) is 12.1. The van der Waals surface area contributed by atoms with Crippen LogP contribution in [-0.2, 0) is 16.1 Å². The minimum Gasteiger partial charge on any atom is -0.481 e. The molecule has 1 saturated heterocycles. The van der Waals surface area contributed by atoms with Crippen LogP contribution >= 0.6 is 0 Å². The average Bonchev–Trinajstić information content (AvgIpc) is 2.47. The van der Waals surface area contributed by atoms with Gasteiger partial charge in [0.25, 0.3) is 0 Å². The summed E-state index contributed by atoms with van der Waals surface area (Å²) in [5, 5.41) is 12.0. The van der Waals surface area contributed by atoms with E-state index in [1.807, 2.05) is 13.0 Å². The number of aryl methyl sites for hydroxylation is 1. The Kier molecular flexibility index (Phi) is 5.21. The molecule has 0 aromatic carbocycles. The van der Waals surface area contributed by atoms with E-state index in [0.29, 0.717) is 38.3 Å². The summed E-state index contributed by atoms with van der Waals surface area (Å²) in [5.41, 5.74) is 0.847. The molecule has 2 N–H and O–H groups in total. The molecule has 0 radical (unpaired) electrons. The van der Waals surface area contributed by atoms with Gasteiger partial charge in [-0.05, 0) is 25.8 Å². The van der Waals surface area contributed by atoms with Crippen molar-refractivity contribution >= 4 is 11.9 Å². The maximum absolute atomic E-state index is 12.0. The summed E-state index contributed by atoms with van der Waals surface area (Å²) in [6.45, 7) is 3.61. The summed E-state index contributed by atoms with van der Waals surface area (Å²) < 4.78 is 0. The van der Waals surface area contributed by atoms with Gasteiger partial charge in [0.15, 0.2) is 0 Å². The van der Waals surface area contributed by atoms with E-state index in [-0.39, 0.29) is 18.4 Å². The summed E-state index contributed by atoms with van der Waals surface area (Å²) in [5.74, 6) is -0.369. The van der Waals surface area contributed by atoms with Crippen LogP contribution in [0.1, 0.15) is 24.4 Å². The Morgan fingerprint density at radius 2 is 2.14 bits per heavy atom. The number of carboxylic acids is 1. The third kappa shape index (κ3) is 4.49. The van der Waals surface area contributed by atoms with Crippen LogP contribution in [0, 0.1) is 12.8 Å². The highest BCUT2D eigenvalue weighted by Gasteiger charge is 2.26. The van der Waals surface area contributed by atoms with Gasteiger partial charge in [-0.3, -0.25) is 9.59 Å². The van der Waals surface area contributed by atoms with E-state index in [2.05, 4.69) is 15.3 Å². The molecule has 0 saturated carbocycles. The number of nitrogens with zero attached hydrogens (tertiary/aromatic N) is 3. The molecule has 0 unspecified atom stereocenters. The fourth-order valence-electron chi connectivity index (χ4n) is 2.39. The van der Waals surface area contributed by atoms with E-state index in [0.717, 1.165) is 5.69 Å². The topological polar surface area (TPSA) is 95.4 Å². The third-order valence-electron chi connectivity index (χ3n) is 3.61. The first-order chi connectivity index (χ1) is 10.1. The largest absolute Gasteiger partial charge is 0.481 e. The van der Waals surface area contributed by atoms with E-state index in [1.165, 1.54) is 0 Å². The molecule has 0 spiro atoms. The molecule has 1 aliphatic heterocycles. The molecule has 1 amide bonds. The molecular weight excluding hydrogens is 272 g/mol. The van der Waals surface area contributed by atoms with Crippen molar-refractivity contribution in [2.45, 2.75) is 26.3 Å². The first-order valence-electron chi connectivity index (χ1n) is 7.06. The molecule has 7 nitrogen and oxygen atoms in total. The van der Waals surface area contributed by atoms with E-state index in [9.17, 15) is 9.59 Å². The van der Waals surface area contributed by atoms with Crippen molar-refractivity contribution in [3.63, 3.8) is 0 Å². The predicted molar refractivity (Wildman–Crippen MR) is 75.4 cm³/mol. The van der Waals surface area contributed by atoms with Gasteiger partial charge in [-0.25, -0.2) is 9.97 Å². The van der Waals surface area contributed by atoms with Gasteiger partial charge in [-0.2, -0.15) is 0 Å². The van der Waals surface area contributed by atoms with E-state index in [1.54, 1.807) is 11.1 Å². The maximum atomic E-state index is 12.0. The van der Waals surface area contributed by atoms with Crippen molar-refractivity contribution in [1.82, 2.24) is 20.2 Å². The minimum atomic E-state index is -0.764. The Labute approximate surface area is 123 Å². The lowest BCUT2D eigenvalue weighted by atomic mass is 9.97. The summed E-state index contributed by atoms with van der Waals surface area (Å²) in [6.07, 6.45) is 2.76. The monoisotopic (exact) mass is 292 g/mol. The zero-order chi connectivity index (χ0) is 15.2. The SMILES string of the molecule is Cc1nccc(CNCC(=O)N2CCC(C(=O)O)CC2)n1. The van der Waals surface area contributed by atoms with Crippen LogP contribution in [0.15, 0.2) is 12.3 Å². The fourth-order valence-corrected chi connectivity index (χ4v) is 2.39. The number of carbonyl (C=O) groups excluding carboxylic acids is 1. The Balaban J connectivity index is 1.72. The smallest absolute Gasteiger partial charge is 0.306 e. The summed E-state index contributed by atoms with van der Waals surface area (Å²) in [4.78, 5) is 32.9. The first-order valence-corrected chi connectivity index (χ1v) is 7.06. The van der Waals surface area contributed by atoms with Crippen molar-refractivity contribution in [2.75, 3.05) is 19.6 Å². The van der Waals surface area contributed by atoms with Gasteiger partial charge in [0, 0.05) is 25.8 Å². The lowest BCUT2D eigenvalue weighted by Crippen LogP contribution is -2.44. The van der Waals surface area contributed by atoms with Crippen LogP contribution < -0.4 is 5.32 Å². The molecule has 114 valence electrons. The van der Waals surface area contributed by atoms with Gasteiger partial charge in [-0.15, -0.1) is 0 Å². The van der Waals surface area contributed by atoms with Gasteiger partial charge in [0.2, 0.25) is 5.91 Å². The molecular formula is C14H20N4O3. The van der Waals surface area contributed by atoms with Crippen molar-refractivity contribution in [3.8, 4) is 0 Å². The summed E-state index contributed by atoms with van der Waals surface area (Å²) >= 11 is 0. The molecule has 1 aliphatic rings. The summed E-state index contributed by atoms with van der Waals surface area (Å²) in [7, 11) is 0. The van der Waals surface area contributed by atoms with Crippen LogP contribution in [0.25, 0.3) is 0 Å². The number of amides is 1. The van der Waals surface area contributed by atoms with Crippen molar-refractivity contribution in [1.29, 1.82) is 0 Å². The van der Waals surface area contributed by atoms with E-state index >= 15 is 0 Å². The number of aromatic nitrogens is 2. The van der Waals surface area contributed by atoms with Crippen LogP contribution in [-0.4, -0.2) is 51.5 Å². The second-order valence-corrected chi connectivity index (χ2v) is 5.19. The Morgan fingerprint density at radius 1 is 1.43 bits per heavy atom. The number of piperidine rings is 1. The van der Waals surface area contributed by atoms with Crippen LogP contribution in [0.4, 0.5) is 0 Å². The van der Waals surface area contributed by atoms with Crippen LogP contribution in [0.3, 0.4) is 0 Å². The first kappa shape index (κ1) is 15.4. The van der Waals surface area contributed by atoms with Crippen LogP contribution in [0.2, 0.25) is 0 Å². The maximum Gasteiger partial charge on any atom is 0.306 e. The standard InChI is InChI=1S/C14H20N4O3/c1-10-16-5-2-12(17-10)8-15-9-13(19)18-6-3-11(4-7-18)14(20)21/h2,5,11,15H,3-4,6-9H2,1H3,(H,20,21). The number of hydrogen-bond acceptors (Lipinski definition) is 5. The molecule has 2 rings (SSSR count). The van der Waals surface area contributed by atoms with E-state index in [4.69, 9.17) is 5.11 Å². The molecule has 2 heterocycles. The van der Waals surface area contributed by atoms with Crippen molar-refractivity contribution in [3.05, 3.63) is 23.8 Å².